The molecule has 1 aliphatic heterocycles. The van der Waals surface area contributed by atoms with E-state index in [1.54, 1.807) is 0 Å². The first kappa shape index (κ1) is 11.6. The van der Waals surface area contributed by atoms with Crippen LogP contribution in [-0.4, -0.2) is 0 Å². The molecule has 0 fully saturated rings. The maximum Gasteiger partial charge on any atom is 0.146 e. The van der Waals surface area contributed by atoms with Gasteiger partial charge < -0.3 is 9.15 Å². The molecule has 0 amide bonds. The lowest BCUT2D eigenvalue weighted by Crippen LogP contribution is -1.85. The molecule has 0 saturated heterocycles. The highest BCUT2D eigenvalue weighted by atomic mass is 35.5. The summed E-state index contributed by atoms with van der Waals surface area (Å²) in [6.45, 7) is 1.95. The Bertz CT molecular complexity index is 818. The lowest BCUT2D eigenvalue weighted by atomic mass is 10.0. The first-order valence-electron chi connectivity index (χ1n) is 6.40. The Morgan fingerprint density at radius 3 is 2.55 bits per heavy atom. The third-order valence-corrected chi connectivity index (χ3v) is 3.67. The van der Waals surface area contributed by atoms with Crippen LogP contribution in [0.2, 0.25) is 5.02 Å². The van der Waals surface area contributed by atoms with Gasteiger partial charge in [-0.15, -0.1) is 0 Å². The molecule has 2 aromatic carbocycles. The lowest BCUT2D eigenvalue weighted by molar-refractivity contribution is 0.484. The molecule has 20 heavy (non-hydrogen) atoms. The van der Waals surface area contributed by atoms with Crippen molar-refractivity contribution in [1.29, 1.82) is 0 Å². The molecule has 2 heterocycles. The van der Waals surface area contributed by atoms with Crippen LogP contribution in [0.3, 0.4) is 0 Å². The maximum atomic E-state index is 6.12. The molecule has 0 saturated carbocycles. The standard InChI is InChI=1S/C17H11ClO2/c1-10-8-13-12-4-2-3-5-15(12)20-16-7-6-11(18)9-14(16)17(13)19-10/h2-9H,1H3. The Hall–Kier alpha value is -2.19. The summed E-state index contributed by atoms with van der Waals surface area (Å²) in [7, 11) is 0. The second-order valence-corrected chi connectivity index (χ2v) is 5.27. The van der Waals surface area contributed by atoms with Gasteiger partial charge in [-0.1, -0.05) is 29.8 Å². The van der Waals surface area contributed by atoms with E-state index in [9.17, 15) is 0 Å². The molecular formula is C17H11ClO2. The minimum Gasteiger partial charge on any atom is -0.461 e. The van der Waals surface area contributed by atoms with E-state index in [2.05, 4.69) is 0 Å². The quantitative estimate of drug-likeness (QED) is 0.414. The molecule has 98 valence electrons. The normalized spacial score (nSPS) is 11.9. The summed E-state index contributed by atoms with van der Waals surface area (Å²) in [5, 5.41) is 0.665. The van der Waals surface area contributed by atoms with Gasteiger partial charge in [-0.2, -0.15) is 0 Å². The van der Waals surface area contributed by atoms with Crippen LogP contribution in [-0.2, 0) is 0 Å². The van der Waals surface area contributed by atoms with E-state index >= 15 is 0 Å². The third kappa shape index (κ3) is 1.65. The van der Waals surface area contributed by atoms with E-state index in [1.807, 2.05) is 55.5 Å². The van der Waals surface area contributed by atoms with Gasteiger partial charge in [0, 0.05) is 16.1 Å². The van der Waals surface area contributed by atoms with Crippen molar-refractivity contribution in [3.05, 3.63) is 59.3 Å². The Morgan fingerprint density at radius 1 is 0.850 bits per heavy atom. The summed E-state index contributed by atoms with van der Waals surface area (Å²) in [5.74, 6) is 3.27. The Kier molecular flexibility index (Phi) is 2.41. The number of hydrogen-bond donors (Lipinski definition) is 0. The molecule has 0 unspecified atom stereocenters. The van der Waals surface area contributed by atoms with Gasteiger partial charge in [-0.3, -0.25) is 0 Å². The van der Waals surface area contributed by atoms with Gasteiger partial charge >= 0.3 is 0 Å². The van der Waals surface area contributed by atoms with Crippen LogP contribution in [0.5, 0.6) is 11.5 Å². The molecule has 4 rings (SSSR count). The zero-order chi connectivity index (χ0) is 13.7. The number of furan rings is 1. The van der Waals surface area contributed by atoms with Crippen LogP contribution in [0.15, 0.2) is 52.9 Å². The number of halogens is 1. The minimum atomic E-state index is 0.665. The largest absolute Gasteiger partial charge is 0.461 e. The first-order valence-corrected chi connectivity index (χ1v) is 6.78. The number of benzene rings is 2. The molecule has 1 aromatic heterocycles. The van der Waals surface area contributed by atoms with Crippen molar-refractivity contribution in [2.24, 2.45) is 0 Å². The van der Waals surface area contributed by atoms with Crippen LogP contribution < -0.4 is 4.74 Å². The highest BCUT2D eigenvalue weighted by Gasteiger charge is 2.24. The van der Waals surface area contributed by atoms with Gasteiger partial charge in [0.1, 0.15) is 23.0 Å². The molecule has 3 heteroatoms. The highest BCUT2D eigenvalue weighted by molar-refractivity contribution is 6.31. The molecule has 0 bridgehead atoms. The van der Waals surface area contributed by atoms with Gasteiger partial charge in [0.05, 0.1) is 5.56 Å². The Labute approximate surface area is 121 Å². The van der Waals surface area contributed by atoms with Crippen molar-refractivity contribution in [2.45, 2.75) is 6.92 Å². The number of hydrogen-bond acceptors (Lipinski definition) is 2. The van der Waals surface area contributed by atoms with Gasteiger partial charge in [-0.25, -0.2) is 0 Å². The first-order chi connectivity index (χ1) is 9.72. The molecule has 1 aliphatic rings. The maximum absolute atomic E-state index is 6.12. The van der Waals surface area contributed by atoms with E-state index in [0.717, 1.165) is 39.7 Å². The van der Waals surface area contributed by atoms with Gasteiger partial charge in [-0.05, 0) is 37.3 Å². The summed E-state index contributed by atoms with van der Waals surface area (Å²) in [5.41, 5.74) is 2.96. The van der Waals surface area contributed by atoms with Crippen LogP contribution in [0.1, 0.15) is 5.76 Å². The topological polar surface area (TPSA) is 22.4 Å². The Balaban J connectivity index is 2.11. The molecule has 3 aromatic rings. The fraction of sp³-hybridized carbons (Fsp3) is 0.0588. The molecule has 0 radical (unpaired) electrons. The number of aryl methyl sites for hydroxylation is 1. The van der Waals surface area contributed by atoms with E-state index in [-0.39, 0.29) is 0 Å². The highest BCUT2D eigenvalue weighted by Crippen LogP contribution is 2.48. The van der Waals surface area contributed by atoms with Crippen molar-refractivity contribution < 1.29 is 9.15 Å². The van der Waals surface area contributed by atoms with Crippen molar-refractivity contribution in [2.75, 3.05) is 0 Å². The smallest absolute Gasteiger partial charge is 0.146 e. The van der Waals surface area contributed by atoms with Crippen LogP contribution in [0.4, 0.5) is 0 Å². The summed E-state index contributed by atoms with van der Waals surface area (Å²) in [6, 6.07) is 15.6. The van der Waals surface area contributed by atoms with Crippen molar-refractivity contribution in [3.8, 4) is 33.9 Å². The van der Waals surface area contributed by atoms with Gasteiger partial charge in [0.15, 0.2) is 0 Å². The summed E-state index contributed by atoms with van der Waals surface area (Å²) >= 11 is 6.12. The second kappa shape index (κ2) is 4.15. The fourth-order valence-electron chi connectivity index (χ4n) is 2.58. The number of para-hydroxylation sites is 1. The minimum absolute atomic E-state index is 0.665. The number of fused-ring (bicyclic) bond motifs is 5. The molecule has 0 aliphatic carbocycles. The van der Waals surface area contributed by atoms with E-state index < -0.39 is 0 Å². The van der Waals surface area contributed by atoms with Crippen molar-refractivity contribution in [1.82, 2.24) is 0 Å². The number of ether oxygens (including phenoxy) is 1. The van der Waals surface area contributed by atoms with Crippen LogP contribution in [0, 0.1) is 6.92 Å². The van der Waals surface area contributed by atoms with Crippen molar-refractivity contribution >= 4 is 11.6 Å². The number of rotatable bonds is 0. The van der Waals surface area contributed by atoms with Crippen molar-refractivity contribution in [3.63, 3.8) is 0 Å². The third-order valence-electron chi connectivity index (χ3n) is 3.44. The molecule has 2 nitrogen and oxygen atoms in total. The summed E-state index contributed by atoms with van der Waals surface area (Å²) < 4.78 is 11.9. The predicted molar refractivity (Wildman–Crippen MR) is 79.4 cm³/mol. The Morgan fingerprint density at radius 2 is 1.65 bits per heavy atom. The second-order valence-electron chi connectivity index (χ2n) is 4.84. The SMILES string of the molecule is Cc1cc2c(o1)-c1cc(Cl)ccc1Oc1ccccc1-2. The van der Waals surface area contributed by atoms with E-state index in [4.69, 9.17) is 20.8 Å². The predicted octanol–water partition coefficient (Wildman–Crippen LogP) is 5.68. The van der Waals surface area contributed by atoms with Crippen LogP contribution in [0.25, 0.3) is 22.5 Å². The average molecular weight is 283 g/mol. The summed E-state index contributed by atoms with van der Waals surface area (Å²) in [4.78, 5) is 0. The van der Waals surface area contributed by atoms with Gasteiger partial charge in [0.2, 0.25) is 0 Å². The van der Waals surface area contributed by atoms with Crippen LogP contribution >= 0.6 is 11.6 Å². The van der Waals surface area contributed by atoms with E-state index in [1.165, 1.54) is 0 Å². The molecular weight excluding hydrogens is 272 g/mol. The zero-order valence-electron chi connectivity index (χ0n) is 10.8. The fourth-order valence-corrected chi connectivity index (χ4v) is 2.75. The molecule has 0 spiro atoms. The molecule has 0 N–H and O–H groups in total. The summed E-state index contributed by atoms with van der Waals surface area (Å²) in [6.07, 6.45) is 0. The zero-order valence-corrected chi connectivity index (χ0v) is 11.6. The monoisotopic (exact) mass is 282 g/mol. The van der Waals surface area contributed by atoms with Gasteiger partial charge in [0.25, 0.3) is 0 Å². The van der Waals surface area contributed by atoms with E-state index in [0.29, 0.717) is 5.02 Å². The average Bonchev–Trinajstić information content (AvgIpc) is 2.78. The lowest BCUT2D eigenvalue weighted by Gasteiger charge is -2.08. The molecule has 0 atom stereocenters.